The number of ether oxygens (including phenoxy) is 1. The van der Waals surface area contributed by atoms with Crippen LogP contribution in [0.15, 0.2) is 23.2 Å². The summed E-state index contributed by atoms with van der Waals surface area (Å²) >= 11 is 0. The molecular formula is C12H17NO4. The minimum atomic E-state index is -0.949. The van der Waals surface area contributed by atoms with E-state index in [9.17, 15) is 5.11 Å². The van der Waals surface area contributed by atoms with Crippen molar-refractivity contribution >= 4 is 6.21 Å². The normalized spacial score (nSPS) is 12.0. The Morgan fingerprint density at radius 2 is 2.00 bits per heavy atom. The number of aliphatic imine (C=N–C) groups is 1. The van der Waals surface area contributed by atoms with Crippen molar-refractivity contribution in [2.45, 2.75) is 12.5 Å². The first-order chi connectivity index (χ1) is 8.06. The number of rotatable bonds is 5. The van der Waals surface area contributed by atoms with Crippen LogP contribution in [0.5, 0.6) is 11.5 Å². The Morgan fingerprint density at radius 3 is 2.53 bits per heavy atom. The summed E-state index contributed by atoms with van der Waals surface area (Å²) in [6.45, 7) is 1.07. The van der Waals surface area contributed by atoms with Crippen LogP contribution in [-0.2, 0) is 0 Å². The third kappa shape index (κ3) is 3.18. The molecule has 0 heterocycles. The number of methoxy groups -OCH3 is 1. The maximum absolute atomic E-state index is 9.79. The van der Waals surface area contributed by atoms with E-state index in [1.165, 1.54) is 13.3 Å². The van der Waals surface area contributed by atoms with Gasteiger partial charge in [0, 0.05) is 11.8 Å². The molecule has 1 aromatic rings. The van der Waals surface area contributed by atoms with Gasteiger partial charge < -0.3 is 20.1 Å². The van der Waals surface area contributed by atoms with Gasteiger partial charge in [-0.1, -0.05) is 6.07 Å². The standard InChI is InChI=1S/C12H17NO4/c1-12(7-14,8-15)13-6-9-4-3-5-10(17-2)11(9)16/h3-6,14-16H,7-8H2,1-2H3. The smallest absolute Gasteiger partial charge is 0.166 e. The van der Waals surface area contributed by atoms with Crippen LogP contribution in [0.2, 0.25) is 0 Å². The molecule has 0 spiro atoms. The first-order valence-corrected chi connectivity index (χ1v) is 5.19. The van der Waals surface area contributed by atoms with Gasteiger partial charge in [-0.3, -0.25) is 4.99 Å². The highest BCUT2D eigenvalue weighted by atomic mass is 16.5. The molecule has 1 rings (SSSR count). The lowest BCUT2D eigenvalue weighted by atomic mass is 10.1. The summed E-state index contributed by atoms with van der Waals surface area (Å²) in [5.41, 5.74) is -0.479. The van der Waals surface area contributed by atoms with Crippen LogP contribution >= 0.6 is 0 Å². The maximum Gasteiger partial charge on any atom is 0.166 e. The molecule has 0 bridgehead atoms. The van der Waals surface area contributed by atoms with Gasteiger partial charge in [-0.25, -0.2) is 0 Å². The highest BCUT2D eigenvalue weighted by Crippen LogP contribution is 2.28. The number of phenolic OH excluding ortho intramolecular Hbond substituents is 1. The summed E-state index contributed by atoms with van der Waals surface area (Å²) in [7, 11) is 1.46. The topological polar surface area (TPSA) is 82.3 Å². The number of aromatic hydroxyl groups is 1. The predicted molar refractivity (Wildman–Crippen MR) is 64.8 cm³/mol. The number of aliphatic hydroxyl groups excluding tert-OH is 2. The van der Waals surface area contributed by atoms with Crippen molar-refractivity contribution in [1.82, 2.24) is 0 Å². The van der Waals surface area contributed by atoms with E-state index in [-0.39, 0.29) is 19.0 Å². The lowest BCUT2D eigenvalue weighted by molar-refractivity contribution is 0.136. The Kier molecular flexibility index (Phi) is 4.48. The quantitative estimate of drug-likeness (QED) is 0.656. The third-order valence-electron chi connectivity index (χ3n) is 2.45. The summed E-state index contributed by atoms with van der Waals surface area (Å²) < 4.78 is 4.96. The van der Waals surface area contributed by atoms with Crippen molar-refractivity contribution < 1.29 is 20.1 Å². The monoisotopic (exact) mass is 239 g/mol. The minimum absolute atomic E-state index is 0.0167. The molecule has 0 aliphatic heterocycles. The van der Waals surface area contributed by atoms with E-state index in [0.29, 0.717) is 11.3 Å². The fraction of sp³-hybridized carbons (Fsp3) is 0.417. The molecule has 1 aromatic carbocycles. The van der Waals surface area contributed by atoms with Crippen molar-refractivity contribution in [3.63, 3.8) is 0 Å². The molecule has 94 valence electrons. The summed E-state index contributed by atoms with van der Waals surface area (Å²) in [4.78, 5) is 4.06. The number of phenols is 1. The molecule has 17 heavy (non-hydrogen) atoms. The van der Waals surface area contributed by atoms with Crippen LogP contribution in [0.1, 0.15) is 12.5 Å². The summed E-state index contributed by atoms with van der Waals surface area (Å²) in [5, 5.41) is 27.9. The summed E-state index contributed by atoms with van der Waals surface area (Å²) in [6.07, 6.45) is 1.41. The van der Waals surface area contributed by atoms with Crippen LogP contribution in [0.4, 0.5) is 0 Å². The zero-order chi connectivity index (χ0) is 12.9. The fourth-order valence-corrected chi connectivity index (χ4v) is 1.17. The Bertz CT molecular complexity index is 399. The van der Waals surface area contributed by atoms with Gasteiger partial charge in [0.2, 0.25) is 0 Å². The van der Waals surface area contributed by atoms with Crippen molar-refractivity contribution in [3.8, 4) is 11.5 Å². The molecule has 3 N–H and O–H groups in total. The second-order valence-electron chi connectivity index (χ2n) is 3.97. The van der Waals surface area contributed by atoms with Gasteiger partial charge >= 0.3 is 0 Å². The van der Waals surface area contributed by atoms with Gasteiger partial charge in [-0.05, 0) is 19.1 Å². The number of nitrogens with zero attached hydrogens (tertiary/aromatic N) is 1. The first-order valence-electron chi connectivity index (χ1n) is 5.19. The van der Waals surface area contributed by atoms with Crippen molar-refractivity contribution in [1.29, 1.82) is 0 Å². The van der Waals surface area contributed by atoms with E-state index in [0.717, 1.165) is 0 Å². The van der Waals surface area contributed by atoms with E-state index < -0.39 is 5.54 Å². The first kappa shape index (κ1) is 13.5. The van der Waals surface area contributed by atoms with Gasteiger partial charge in [0.05, 0.1) is 20.3 Å². The summed E-state index contributed by atoms with van der Waals surface area (Å²) in [5.74, 6) is 0.334. The van der Waals surface area contributed by atoms with Crippen LogP contribution < -0.4 is 4.74 Å². The lowest BCUT2D eigenvalue weighted by Gasteiger charge is -2.18. The van der Waals surface area contributed by atoms with Gasteiger partial charge in [0.1, 0.15) is 5.54 Å². The molecule has 0 aliphatic rings. The lowest BCUT2D eigenvalue weighted by Crippen LogP contribution is -2.31. The van der Waals surface area contributed by atoms with E-state index in [1.807, 2.05) is 0 Å². The minimum Gasteiger partial charge on any atom is -0.504 e. The SMILES string of the molecule is COc1cccc(C=NC(C)(CO)CO)c1O. The average molecular weight is 239 g/mol. The van der Waals surface area contributed by atoms with Gasteiger partial charge in [-0.15, -0.1) is 0 Å². The largest absolute Gasteiger partial charge is 0.504 e. The average Bonchev–Trinajstić information content (AvgIpc) is 2.37. The molecule has 5 nitrogen and oxygen atoms in total. The predicted octanol–water partition coefficient (Wildman–Crippen LogP) is 0.563. The molecule has 5 heteroatoms. The van der Waals surface area contributed by atoms with Crippen LogP contribution in [-0.4, -0.2) is 47.4 Å². The zero-order valence-electron chi connectivity index (χ0n) is 9.92. The molecule has 0 saturated carbocycles. The van der Waals surface area contributed by atoms with Crippen LogP contribution in [0, 0.1) is 0 Å². The Labute approximate surface area is 100 Å². The molecule has 0 saturated heterocycles. The third-order valence-corrected chi connectivity index (χ3v) is 2.45. The van der Waals surface area contributed by atoms with Gasteiger partial charge in [-0.2, -0.15) is 0 Å². The highest BCUT2D eigenvalue weighted by Gasteiger charge is 2.20. The Morgan fingerprint density at radius 1 is 1.35 bits per heavy atom. The van der Waals surface area contributed by atoms with Crippen LogP contribution in [0.25, 0.3) is 0 Å². The zero-order valence-corrected chi connectivity index (χ0v) is 9.92. The van der Waals surface area contributed by atoms with E-state index in [1.54, 1.807) is 25.1 Å². The summed E-state index contributed by atoms with van der Waals surface area (Å²) in [6, 6.07) is 5.01. The van der Waals surface area contributed by atoms with E-state index in [4.69, 9.17) is 14.9 Å². The number of para-hydroxylation sites is 1. The molecule has 0 unspecified atom stereocenters. The van der Waals surface area contributed by atoms with Gasteiger partial charge in [0.25, 0.3) is 0 Å². The van der Waals surface area contributed by atoms with Gasteiger partial charge in [0.15, 0.2) is 11.5 Å². The van der Waals surface area contributed by atoms with Crippen LogP contribution in [0.3, 0.4) is 0 Å². The van der Waals surface area contributed by atoms with Crippen molar-refractivity contribution in [3.05, 3.63) is 23.8 Å². The highest BCUT2D eigenvalue weighted by molar-refractivity contribution is 5.85. The number of benzene rings is 1. The molecule has 0 fully saturated rings. The molecule has 0 atom stereocenters. The molecule has 0 amide bonds. The molecule has 0 aromatic heterocycles. The number of aliphatic hydroxyl groups is 2. The fourth-order valence-electron chi connectivity index (χ4n) is 1.17. The second kappa shape index (κ2) is 5.65. The van der Waals surface area contributed by atoms with E-state index >= 15 is 0 Å². The van der Waals surface area contributed by atoms with E-state index in [2.05, 4.69) is 4.99 Å². The Hall–Kier alpha value is -1.59. The Balaban J connectivity index is 2.99. The second-order valence-corrected chi connectivity index (χ2v) is 3.97. The number of hydrogen-bond acceptors (Lipinski definition) is 5. The molecule has 0 aliphatic carbocycles. The maximum atomic E-state index is 9.79. The number of hydrogen-bond donors (Lipinski definition) is 3. The molecule has 0 radical (unpaired) electrons. The molecular weight excluding hydrogens is 222 g/mol. The van der Waals surface area contributed by atoms with Crippen molar-refractivity contribution in [2.75, 3.05) is 20.3 Å². The van der Waals surface area contributed by atoms with Crippen molar-refractivity contribution in [2.24, 2.45) is 4.99 Å².